The summed E-state index contributed by atoms with van der Waals surface area (Å²) in [6, 6.07) is 0.197. The molecule has 0 amide bonds. The third-order valence-corrected chi connectivity index (χ3v) is 16.5. The third-order valence-electron chi connectivity index (χ3n) is 16.5. The number of carbonyl (C=O) groups is 2. The fraction of sp³-hybridized carbons (Fsp3) is 0.889. The highest BCUT2D eigenvalue weighted by molar-refractivity contribution is 5.92. The number of likely N-dealkylation sites (tertiary alicyclic amines) is 3. The third kappa shape index (κ3) is 17.5. The Balaban J connectivity index is 1.50. The highest BCUT2D eigenvalue weighted by Crippen LogP contribution is 2.36. The molecule has 13 atom stereocenters. The molecule has 5 rings (SSSR count). The molecule has 0 aromatic carbocycles. The predicted octanol–water partition coefficient (Wildman–Crippen LogP) is 6.53. The summed E-state index contributed by atoms with van der Waals surface area (Å²) in [5.74, 6) is -0.892. The van der Waals surface area contributed by atoms with E-state index in [0.717, 1.165) is 90.2 Å². The van der Waals surface area contributed by atoms with E-state index in [0.29, 0.717) is 31.7 Å². The first kappa shape index (κ1) is 56.1. The number of allylic oxidation sites excluding steroid dienone is 2. The van der Waals surface area contributed by atoms with E-state index in [9.17, 15) is 24.9 Å². The standard InChI is InChI=1S/C54H97N5O8/c1-9-56(10-2)37-44-35-43(32-39(3)57-25-14-11-15-26-57)20-23-48(60)46(33-40(4)58-27-16-12-17-28-58)22-21-45(24-31-65-54-53(64)51(55(7)8)52(63)42(6)67-54)47(49(61)36-50(62)66-38-44)34-41(5)59-29-18-13-19-30-59/h20,23,35,39-42,44-47,49,51-54,61,63-64H,9-19,21-22,24-34,36-38H2,1-8H3/b23-20+,43-35-/t39?,40?,41?,42-,44-,45+,46-,47+,49-,51+,52-,53-,54-/m1/s1. The molecule has 0 spiro atoms. The second-order valence-corrected chi connectivity index (χ2v) is 21.7. The molecule has 0 aromatic heterocycles. The van der Waals surface area contributed by atoms with Gasteiger partial charge in [0.25, 0.3) is 0 Å². The molecule has 4 fully saturated rings. The first-order valence-corrected chi connectivity index (χ1v) is 27.2. The molecule has 5 heterocycles. The van der Waals surface area contributed by atoms with E-state index >= 15 is 0 Å². The van der Waals surface area contributed by atoms with E-state index in [1.807, 2.05) is 25.1 Å². The topological polar surface area (TPSA) is 139 Å². The van der Waals surface area contributed by atoms with E-state index in [2.05, 4.69) is 66.4 Å². The average Bonchev–Trinajstić information content (AvgIpc) is 3.33. The lowest BCUT2D eigenvalue weighted by Gasteiger charge is -2.44. The van der Waals surface area contributed by atoms with Crippen molar-refractivity contribution in [2.75, 3.05) is 86.2 Å². The quantitative estimate of drug-likeness (QED) is 0.129. The van der Waals surface area contributed by atoms with Gasteiger partial charge in [-0.15, -0.1) is 0 Å². The Morgan fingerprint density at radius 2 is 1.33 bits per heavy atom. The summed E-state index contributed by atoms with van der Waals surface area (Å²) in [6.07, 6.45) is 16.8. The smallest absolute Gasteiger partial charge is 0.308 e. The molecule has 67 heavy (non-hydrogen) atoms. The van der Waals surface area contributed by atoms with Crippen molar-refractivity contribution >= 4 is 11.8 Å². The molecule has 0 aliphatic carbocycles. The van der Waals surface area contributed by atoms with Gasteiger partial charge in [-0.25, -0.2) is 0 Å². The molecule has 386 valence electrons. The highest BCUT2D eigenvalue weighted by Gasteiger charge is 2.45. The molecule has 0 saturated carbocycles. The van der Waals surface area contributed by atoms with Crippen molar-refractivity contribution < 1.29 is 39.1 Å². The number of likely N-dealkylation sites (N-methyl/N-ethyl adjacent to an activating group) is 1. The van der Waals surface area contributed by atoms with Gasteiger partial charge in [-0.2, -0.15) is 0 Å². The van der Waals surface area contributed by atoms with Gasteiger partial charge in [-0.05, 0) is 195 Å². The number of aliphatic hydroxyl groups is 3. The van der Waals surface area contributed by atoms with Gasteiger partial charge in [-0.1, -0.05) is 45.3 Å². The van der Waals surface area contributed by atoms with Crippen LogP contribution in [-0.4, -0.2) is 193 Å². The van der Waals surface area contributed by atoms with Gasteiger partial charge >= 0.3 is 5.97 Å². The summed E-state index contributed by atoms with van der Waals surface area (Å²) in [7, 11) is 3.67. The Morgan fingerprint density at radius 3 is 1.90 bits per heavy atom. The Hall–Kier alpha value is -1.78. The van der Waals surface area contributed by atoms with Gasteiger partial charge in [-0.3, -0.25) is 9.59 Å². The molecule has 0 aromatic rings. The zero-order valence-electron chi connectivity index (χ0n) is 43.4. The summed E-state index contributed by atoms with van der Waals surface area (Å²) in [5, 5.41) is 34.7. The van der Waals surface area contributed by atoms with Gasteiger partial charge in [0.15, 0.2) is 12.1 Å². The van der Waals surface area contributed by atoms with E-state index in [-0.39, 0.29) is 67.1 Å². The molecule has 13 nitrogen and oxygen atoms in total. The number of carbonyl (C=O) groups excluding carboxylic acids is 2. The minimum Gasteiger partial charge on any atom is -0.465 e. The van der Waals surface area contributed by atoms with Crippen LogP contribution in [0.4, 0.5) is 0 Å². The van der Waals surface area contributed by atoms with Crippen molar-refractivity contribution in [2.24, 2.45) is 23.7 Å². The monoisotopic (exact) mass is 944 g/mol. The van der Waals surface area contributed by atoms with E-state index in [1.54, 1.807) is 6.92 Å². The molecule has 3 N–H and O–H groups in total. The van der Waals surface area contributed by atoms with E-state index < -0.39 is 36.7 Å². The zero-order valence-corrected chi connectivity index (χ0v) is 43.4. The molecular formula is C54H97N5O8. The van der Waals surface area contributed by atoms with Crippen LogP contribution in [-0.2, 0) is 23.8 Å². The lowest BCUT2D eigenvalue weighted by molar-refractivity contribution is -0.281. The summed E-state index contributed by atoms with van der Waals surface area (Å²) in [6.45, 7) is 22.3. The van der Waals surface area contributed by atoms with Crippen LogP contribution in [0.3, 0.4) is 0 Å². The first-order chi connectivity index (χ1) is 32.2. The van der Waals surface area contributed by atoms with Gasteiger partial charge in [0.1, 0.15) is 6.10 Å². The number of cyclic esters (lactones) is 1. The van der Waals surface area contributed by atoms with Gasteiger partial charge < -0.3 is 54.0 Å². The Labute approximate surface area is 407 Å². The normalized spacial score (nSPS) is 34.9. The van der Waals surface area contributed by atoms with Crippen molar-refractivity contribution in [3.63, 3.8) is 0 Å². The highest BCUT2D eigenvalue weighted by atomic mass is 16.7. The van der Waals surface area contributed by atoms with Crippen molar-refractivity contribution in [2.45, 2.75) is 199 Å². The first-order valence-electron chi connectivity index (χ1n) is 27.2. The molecule has 4 saturated heterocycles. The fourth-order valence-corrected chi connectivity index (χ4v) is 12.1. The predicted molar refractivity (Wildman–Crippen MR) is 268 cm³/mol. The number of rotatable bonds is 18. The lowest BCUT2D eigenvalue weighted by atomic mass is 9.75. The van der Waals surface area contributed by atoms with Crippen LogP contribution in [0.15, 0.2) is 23.8 Å². The number of ketones is 1. The SMILES string of the molecule is CCN(CC)C[C@H]1/C=C(CC(C)N2CCCCC2)/C=C/C(=O)[C@@H](CC(C)N2CCCCC2)CC[C@@H](CCO[C@@H]2O[C@H](C)[C@@H](O)[C@H](N(C)C)[C@H]2O)[C@H](CC(C)N2CCCCC2)[C@H](O)CC(=O)OC1. The lowest BCUT2D eigenvalue weighted by Crippen LogP contribution is -2.62. The van der Waals surface area contributed by atoms with Crippen LogP contribution in [0.1, 0.15) is 144 Å². The van der Waals surface area contributed by atoms with Crippen LogP contribution in [0.25, 0.3) is 0 Å². The number of hydrogen-bond acceptors (Lipinski definition) is 13. The van der Waals surface area contributed by atoms with E-state index in [1.165, 1.54) is 44.9 Å². The maximum absolute atomic E-state index is 14.9. The van der Waals surface area contributed by atoms with Gasteiger partial charge in [0.2, 0.25) is 0 Å². The summed E-state index contributed by atoms with van der Waals surface area (Å²) < 4.78 is 18.6. The maximum Gasteiger partial charge on any atom is 0.308 e. The molecule has 0 bridgehead atoms. The van der Waals surface area contributed by atoms with Crippen LogP contribution in [0, 0.1) is 23.7 Å². The fourth-order valence-electron chi connectivity index (χ4n) is 12.1. The van der Waals surface area contributed by atoms with Crippen molar-refractivity contribution in [3.8, 4) is 0 Å². The second kappa shape index (κ2) is 28.9. The number of piperidine rings is 3. The summed E-state index contributed by atoms with van der Waals surface area (Å²) >= 11 is 0. The zero-order chi connectivity index (χ0) is 48.5. The van der Waals surface area contributed by atoms with Crippen molar-refractivity contribution in [1.82, 2.24) is 24.5 Å². The van der Waals surface area contributed by atoms with Crippen LogP contribution in [0.2, 0.25) is 0 Å². The molecular weight excluding hydrogens is 847 g/mol. The number of hydrogen-bond donors (Lipinski definition) is 3. The molecule has 5 aliphatic rings. The Bertz CT molecular complexity index is 1490. The minimum absolute atomic E-state index is 0.0831. The average molecular weight is 944 g/mol. The number of esters is 1. The Morgan fingerprint density at radius 1 is 0.761 bits per heavy atom. The van der Waals surface area contributed by atoms with Crippen molar-refractivity contribution in [3.05, 3.63) is 23.8 Å². The molecule has 5 aliphatic heterocycles. The van der Waals surface area contributed by atoms with Gasteiger partial charge in [0.05, 0.1) is 44.0 Å². The summed E-state index contributed by atoms with van der Waals surface area (Å²) in [4.78, 5) is 40.8. The minimum atomic E-state index is -1.06. The van der Waals surface area contributed by atoms with Crippen LogP contribution >= 0.6 is 0 Å². The number of nitrogens with zero attached hydrogens (tertiary/aromatic N) is 5. The number of ether oxygens (including phenoxy) is 3. The van der Waals surface area contributed by atoms with Crippen LogP contribution in [0.5, 0.6) is 0 Å². The molecule has 13 heteroatoms. The van der Waals surface area contributed by atoms with Crippen molar-refractivity contribution in [1.29, 1.82) is 0 Å². The summed E-state index contributed by atoms with van der Waals surface area (Å²) in [5.41, 5.74) is 1.11. The van der Waals surface area contributed by atoms with E-state index in [4.69, 9.17) is 14.2 Å². The number of aliphatic hydroxyl groups excluding tert-OH is 3. The molecule has 3 unspecified atom stereocenters. The van der Waals surface area contributed by atoms with Crippen LogP contribution < -0.4 is 0 Å². The maximum atomic E-state index is 14.9. The largest absolute Gasteiger partial charge is 0.465 e. The second-order valence-electron chi connectivity index (χ2n) is 21.7. The Kier molecular flexibility index (Phi) is 24.2. The van der Waals surface area contributed by atoms with Gasteiger partial charge in [0, 0.05) is 36.5 Å². The molecule has 0 radical (unpaired) electrons.